The molecule has 0 radical (unpaired) electrons. The Labute approximate surface area is 134 Å². The van der Waals surface area contributed by atoms with Crippen molar-refractivity contribution in [1.29, 1.82) is 0 Å². The van der Waals surface area contributed by atoms with Crippen molar-refractivity contribution in [2.75, 3.05) is 18.2 Å². The number of amides is 1. The van der Waals surface area contributed by atoms with Crippen molar-refractivity contribution in [3.63, 3.8) is 0 Å². The van der Waals surface area contributed by atoms with Crippen LogP contribution in [0.25, 0.3) is 0 Å². The molecular formula is C17H19NO3S. The smallest absolute Gasteiger partial charge is 0.262 e. The van der Waals surface area contributed by atoms with E-state index in [-0.39, 0.29) is 12.5 Å². The van der Waals surface area contributed by atoms with E-state index in [0.717, 1.165) is 16.1 Å². The van der Waals surface area contributed by atoms with Crippen LogP contribution in [-0.2, 0) is 4.79 Å². The lowest BCUT2D eigenvalue weighted by molar-refractivity contribution is -0.118. The third kappa shape index (κ3) is 4.79. The number of ether oxygens (including phenoxy) is 1. The monoisotopic (exact) mass is 317 g/mol. The molecule has 0 spiro atoms. The molecule has 1 amide bonds. The summed E-state index contributed by atoms with van der Waals surface area (Å²) in [5.41, 5.74) is 1.50. The maximum Gasteiger partial charge on any atom is 0.262 e. The fraction of sp³-hybridized carbons (Fsp3) is 0.235. The molecule has 0 saturated heterocycles. The highest BCUT2D eigenvalue weighted by Crippen LogP contribution is 2.20. The van der Waals surface area contributed by atoms with Crippen molar-refractivity contribution in [2.24, 2.45) is 0 Å². The zero-order valence-electron chi connectivity index (χ0n) is 12.6. The molecule has 2 rings (SSSR count). The van der Waals surface area contributed by atoms with Gasteiger partial charge in [0.25, 0.3) is 5.91 Å². The summed E-state index contributed by atoms with van der Waals surface area (Å²) in [6, 6.07) is 14.7. The Morgan fingerprint density at radius 1 is 1.27 bits per heavy atom. The molecule has 0 aliphatic heterocycles. The summed E-state index contributed by atoms with van der Waals surface area (Å²) in [4.78, 5) is 13.0. The molecule has 2 aromatic rings. The third-order valence-corrected chi connectivity index (χ3v) is 3.79. The molecular weight excluding hydrogens is 298 g/mol. The van der Waals surface area contributed by atoms with Crippen molar-refractivity contribution in [2.45, 2.75) is 17.9 Å². The summed E-state index contributed by atoms with van der Waals surface area (Å²) in [7, 11) is 0. The van der Waals surface area contributed by atoms with E-state index in [0.29, 0.717) is 5.75 Å². The van der Waals surface area contributed by atoms with E-state index < -0.39 is 6.10 Å². The molecule has 0 aromatic heterocycles. The predicted molar refractivity (Wildman–Crippen MR) is 89.4 cm³/mol. The van der Waals surface area contributed by atoms with Gasteiger partial charge in [0.1, 0.15) is 5.75 Å². The number of nitrogens with one attached hydrogen (secondary N) is 1. The number of anilines is 1. The second kappa shape index (κ2) is 7.87. The molecule has 0 aliphatic rings. The second-order valence-corrected chi connectivity index (χ2v) is 5.70. The lowest BCUT2D eigenvalue weighted by Gasteiger charge is -2.10. The van der Waals surface area contributed by atoms with Gasteiger partial charge in [0.2, 0.25) is 0 Å². The number of benzene rings is 2. The first-order valence-corrected chi connectivity index (χ1v) is 8.15. The van der Waals surface area contributed by atoms with Gasteiger partial charge in [-0.15, -0.1) is 11.8 Å². The molecule has 0 fully saturated rings. The van der Waals surface area contributed by atoms with Crippen molar-refractivity contribution in [3.8, 4) is 5.75 Å². The molecule has 22 heavy (non-hydrogen) atoms. The minimum atomic E-state index is -0.563. The van der Waals surface area contributed by atoms with Crippen LogP contribution in [0.5, 0.6) is 5.75 Å². The van der Waals surface area contributed by atoms with Crippen LogP contribution in [-0.4, -0.2) is 23.9 Å². The zero-order chi connectivity index (χ0) is 15.9. The summed E-state index contributed by atoms with van der Waals surface area (Å²) in [5.74, 6) is 0.340. The van der Waals surface area contributed by atoms with E-state index in [2.05, 4.69) is 5.32 Å². The average Bonchev–Trinajstić information content (AvgIpc) is 2.53. The average molecular weight is 317 g/mol. The molecule has 4 nitrogen and oxygen atoms in total. The quantitative estimate of drug-likeness (QED) is 0.801. The van der Waals surface area contributed by atoms with Gasteiger partial charge in [-0.2, -0.15) is 0 Å². The summed E-state index contributed by atoms with van der Waals surface area (Å²) < 4.78 is 5.46. The van der Waals surface area contributed by atoms with E-state index in [1.54, 1.807) is 36.9 Å². The summed E-state index contributed by atoms with van der Waals surface area (Å²) in [6.07, 6.45) is 1.42. The standard InChI is InChI=1S/C17H19NO3S/c1-12(19)13-5-3-7-15(9-13)21-11-17(20)18-14-6-4-8-16(10-14)22-2/h3-10,12,19H,11H2,1-2H3,(H,18,20)/t12-/m1/s1. The van der Waals surface area contributed by atoms with Crippen molar-refractivity contribution < 1.29 is 14.6 Å². The van der Waals surface area contributed by atoms with Gasteiger partial charge in [0, 0.05) is 10.6 Å². The summed E-state index contributed by atoms with van der Waals surface area (Å²) in [5, 5.41) is 12.3. The Balaban J connectivity index is 1.91. The van der Waals surface area contributed by atoms with Gasteiger partial charge >= 0.3 is 0 Å². The lowest BCUT2D eigenvalue weighted by atomic mass is 10.1. The first kappa shape index (κ1) is 16.4. The van der Waals surface area contributed by atoms with Gasteiger partial charge in [0.05, 0.1) is 6.10 Å². The number of carbonyl (C=O) groups is 1. The molecule has 0 bridgehead atoms. The largest absolute Gasteiger partial charge is 0.484 e. The first-order chi connectivity index (χ1) is 10.6. The van der Waals surface area contributed by atoms with E-state index in [9.17, 15) is 9.90 Å². The molecule has 0 heterocycles. The van der Waals surface area contributed by atoms with Gasteiger partial charge in [-0.05, 0) is 49.1 Å². The highest BCUT2D eigenvalue weighted by atomic mass is 32.2. The summed E-state index contributed by atoms with van der Waals surface area (Å²) in [6.45, 7) is 1.61. The van der Waals surface area contributed by atoms with E-state index in [1.807, 2.05) is 36.6 Å². The van der Waals surface area contributed by atoms with Gasteiger partial charge < -0.3 is 15.2 Å². The van der Waals surface area contributed by atoms with Crippen molar-refractivity contribution >= 4 is 23.4 Å². The Hall–Kier alpha value is -1.98. The van der Waals surface area contributed by atoms with Crippen molar-refractivity contribution in [3.05, 3.63) is 54.1 Å². The normalized spacial score (nSPS) is 11.8. The SMILES string of the molecule is CSc1cccc(NC(=O)COc2cccc([C@@H](C)O)c2)c1. The predicted octanol–water partition coefficient (Wildman–Crippen LogP) is 3.48. The van der Waals surface area contributed by atoms with Crippen LogP contribution in [0.4, 0.5) is 5.69 Å². The van der Waals surface area contributed by atoms with Crippen LogP contribution >= 0.6 is 11.8 Å². The molecule has 1 atom stereocenters. The van der Waals surface area contributed by atoms with Gasteiger partial charge in [-0.3, -0.25) is 4.79 Å². The molecule has 2 aromatic carbocycles. The molecule has 0 aliphatic carbocycles. The van der Waals surface area contributed by atoms with Crippen LogP contribution in [0.2, 0.25) is 0 Å². The lowest BCUT2D eigenvalue weighted by Crippen LogP contribution is -2.20. The number of rotatable bonds is 6. The number of hydrogen-bond donors (Lipinski definition) is 2. The number of aliphatic hydroxyl groups excluding tert-OH is 1. The first-order valence-electron chi connectivity index (χ1n) is 6.93. The van der Waals surface area contributed by atoms with Gasteiger partial charge in [-0.1, -0.05) is 18.2 Å². The maximum absolute atomic E-state index is 11.9. The fourth-order valence-electron chi connectivity index (χ4n) is 1.91. The van der Waals surface area contributed by atoms with Crippen LogP contribution < -0.4 is 10.1 Å². The Bertz CT molecular complexity index is 643. The Morgan fingerprint density at radius 3 is 2.77 bits per heavy atom. The van der Waals surface area contributed by atoms with E-state index in [1.165, 1.54) is 0 Å². The van der Waals surface area contributed by atoms with Crippen LogP contribution in [0, 0.1) is 0 Å². The van der Waals surface area contributed by atoms with E-state index in [4.69, 9.17) is 4.74 Å². The highest BCUT2D eigenvalue weighted by Gasteiger charge is 2.06. The Morgan fingerprint density at radius 2 is 2.05 bits per heavy atom. The molecule has 5 heteroatoms. The van der Waals surface area contributed by atoms with Gasteiger partial charge in [-0.25, -0.2) is 0 Å². The second-order valence-electron chi connectivity index (χ2n) is 4.82. The molecule has 0 unspecified atom stereocenters. The number of carbonyl (C=O) groups excluding carboxylic acids is 1. The molecule has 2 N–H and O–H groups in total. The van der Waals surface area contributed by atoms with Gasteiger partial charge in [0.15, 0.2) is 6.61 Å². The summed E-state index contributed by atoms with van der Waals surface area (Å²) >= 11 is 1.62. The number of thioether (sulfide) groups is 1. The van der Waals surface area contributed by atoms with Crippen LogP contribution in [0.15, 0.2) is 53.4 Å². The topological polar surface area (TPSA) is 58.6 Å². The van der Waals surface area contributed by atoms with Crippen LogP contribution in [0.1, 0.15) is 18.6 Å². The highest BCUT2D eigenvalue weighted by molar-refractivity contribution is 7.98. The minimum absolute atomic E-state index is 0.0766. The molecule has 0 saturated carbocycles. The minimum Gasteiger partial charge on any atom is -0.484 e. The van der Waals surface area contributed by atoms with E-state index >= 15 is 0 Å². The zero-order valence-corrected chi connectivity index (χ0v) is 13.4. The fourth-order valence-corrected chi connectivity index (χ4v) is 2.37. The maximum atomic E-state index is 11.9. The molecule has 116 valence electrons. The van der Waals surface area contributed by atoms with Crippen molar-refractivity contribution in [1.82, 2.24) is 0 Å². The number of aliphatic hydroxyl groups is 1. The Kier molecular flexibility index (Phi) is 5.86. The number of hydrogen-bond acceptors (Lipinski definition) is 4. The third-order valence-electron chi connectivity index (χ3n) is 3.06. The van der Waals surface area contributed by atoms with Crippen LogP contribution in [0.3, 0.4) is 0 Å².